The molecule has 0 saturated heterocycles. The lowest BCUT2D eigenvalue weighted by Gasteiger charge is -2.03. The molecule has 0 aliphatic rings. The molecule has 0 spiro atoms. The summed E-state index contributed by atoms with van der Waals surface area (Å²) in [5.74, 6) is 0.392. The molecule has 0 bridgehead atoms. The Kier molecular flexibility index (Phi) is 5.51. The van der Waals surface area contributed by atoms with E-state index in [2.05, 4.69) is 0 Å². The molecule has 0 unspecified atom stereocenters. The number of nitrogens with two attached hydrogens (primary N) is 1. The van der Waals surface area contributed by atoms with Crippen LogP contribution in [0.15, 0.2) is 18.2 Å². The monoisotopic (exact) mass is 201 g/mol. The molecule has 0 amide bonds. The number of phenols is 1. The number of hydrogen-bond acceptors (Lipinski definition) is 2. The molecule has 0 aliphatic heterocycles. The van der Waals surface area contributed by atoms with Crippen LogP contribution >= 0.6 is 12.4 Å². The van der Waals surface area contributed by atoms with E-state index < -0.39 is 0 Å². The molecule has 0 fully saturated rings. The molecule has 3 N–H and O–H groups in total. The Balaban J connectivity index is 0.00000144. The molecule has 0 radical (unpaired) electrons. The number of phenolic OH excluding ortho intramolecular Hbond substituents is 1. The van der Waals surface area contributed by atoms with Crippen LogP contribution in [0, 0.1) is 6.92 Å². The molecule has 3 heteroatoms. The van der Waals surface area contributed by atoms with Crippen molar-refractivity contribution in [2.24, 2.45) is 5.73 Å². The van der Waals surface area contributed by atoms with Gasteiger partial charge in [-0.05, 0) is 43.5 Å². The summed E-state index contributed by atoms with van der Waals surface area (Å²) in [4.78, 5) is 0. The first-order chi connectivity index (χ1) is 5.74. The lowest BCUT2D eigenvalue weighted by atomic mass is 10.1. The average molecular weight is 202 g/mol. The number of rotatable bonds is 3. The number of aromatic hydroxyl groups is 1. The number of benzene rings is 1. The van der Waals surface area contributed by atoms with Gasteiger partial charge in [0.05, 0.1) is 0 Å². The van der Waals surface area contributed by atoms with Crippen LogP contribution < -0.4 is 5.73 Å². The van der Waals surface area contributed by atoms with Crippen LogP contribution in [-0.2, 0) is 6.42 Å². The third kappa shape index (κ3) is 3.66. The molecule has 0 atom stereocenters. The maximum absolute atomic E-state index is 9.48. The van der Waals surface area contributed by atoms with Crippen LogP contribution in [0.5, 0.6) is 5.75 Å². The fourth-order valence-corrected chi connectivity index (χ4v) is 1.18. The Hall–Kier alpha value is -0.730. The normalized spacial score (nSPS) is 9.38. The summed E-state index contributed by atoms with van der Waals surface area (Å²) in [5.41, 5.74) is 7.45. The third-order valence-electron chi connectivity index (χ3n) is 1.89. The highest BCUT2D eigenvalue weighted by Crippen LogP contribution is 2.19. The van der Waals surface area contributed by atoms with Crippen molar-refractivity contribution in [3.63, 3.8) is 0 Å². The van der Waals surface area contributed by atoms with Gasteiger partial charge in [0, 0.05) is 0 Å². The highest BCUT2D eigenvalue weighted by atomic mass is 35.5. The predicted molar refractivity (Wildman–Crippen MR) is 57.5 cm³/mol. The second kappa shape index (κ2) is 5.84. The first-order valence-electron chi connectivity index (χ1n) is 4.22. The largest absolute Gasteiger partial charge is 0.508 e. The summed E-state index contributed by atoms with van der Waals surface area (Å²) in [7, 11) is 0. The van der Waals surface area contributed by atoms with Crippen molar-refractivity contribution in [3.8, 4) is 5.75 Å². The molecule has 0 saturated carbocycles. The van der Waals surface area contributed by atoms with E-state index in [1.54, 1.807) is 6.07 Å². The molecule has 1 aromatic carbocycles. The van der Waals surface area contributed by atoms with Crippen LogP contribution in [0.25, 0.3) is 0 Å². The molecule has 2 nitrogen and oxygen atoms in total. The Bertz CT molecular complexity index is 263. The number of aryl methyl sites for hydroxylation is 2. The van der Waals surface area contributed by atoms with Crippen molar-refractivity contribution in [1.82, 2.24) is 0 Å². The van der Waals surface area contributed by atoms with Crippen LogP contribution in [0.4, 0.5) is 0 Å². The molecule has 0 aliphatic carbocycles. The van der Waals surface area contributed by atoms with Gasteiger partial charge in [-0.25, -0.2) is 0 Å². The van der Waals surface area contributed by atoms with Gasteiger partial charge < -0.3 is 10.8 Å². The molecule has 13 heavy (non-hydrogen) atoms. The average Bonchev–Trinajstić information content (AvgIpc) is 2.03. The minimum atomic E-state index is 0. The van der Waals surface area contributed by atoms with E-state index >= 15 is 0 Å². The van der Waals surface area contributed by atoms with E-state index in [-0.39, 0.29) is 12.4 Å². The highest BCUT2D eigenvalue weighted by molar-refractivity contribution is 5.85. The van der Waals surface area contributed by atoms with Crippen LogP contribution in [-0.4, -0.2) is 11.7 Å². The van der Waals surface area contributed by atoms with Gasteiger partial charge in [-0.1, -0.05) is 12.1 Å². The first-order valence-corrected chi connectivity index (χ1v) is 4.22. The van der Waals surface area contributed by atoms with Gasteiger partial charge in [0.1, 0.15) is 5.75 Å². The van der Waals surface area contributed by atoms with Crippen molar-refractivity contribution in [2.75, 3.05) is 6.54 Å². The maximum Gasteiger partial charge on any atom is 0.119 e. The van der Waals surface area contributed by atoms with E-state index in [0.717, 1.165) is 24.0 Å². The molecule has 0 aromatic heterocycles. The molecular weight excluding hydrogens is 186 g/mol. The Labute approximate surface area is 85.2 Å². The minimum Gasteiger partial charge on any atom is -0.508 e. The maximum atomic E-state index is 9.48. The Morgan fingerprint density at radius 1 is 1.38 bits per heavy atom. The zero-order chi connectivity index (χ0) is 8.97. The van der Waals surface area contributed by atoms with E-state index in [4.69, 9.17) is 5.73 Å². The van der Waals surface area contributed by atoms with Gasteiger partial charge >= 0.3 is 0 Å². The van der Waals surface area contributed by atoms with Crippen molar-refractivity contribution < 1.29 is 5.11 Å². The zero-order valence-electron chi connectivity index (χ0n) is 7.79. The van der Waals surface area contributed by atoms with Crippen LogP contribution in [0.1, 0.15) is 17.5 Å². The first kappa shape index (κ1) is 12.3. The smallest absolute Gasteiger partial charge is 0.119 e. The Morgan fingerprint density at radius 3 is 2.62 bits per heavy atom. The Morgan fingerprint density at radius 2 is 2.08 bits per heavy atom. The molecule has 1 rings (SSSR count). The summed E-state index contributed by atoms with van der Waals surface area (Å²) in [6, 6.07) is 5.75. The van der Waals surface area contributed by atoms with Crippen molar-refractivity contribution in [1.29, 1.82) is 0 Å². The summed E-state index contributed by atoms with van der Waals surface area (Å²) in [5, 5.41) is 9.48. The van der Waals surface area contributed by atoms with Crippen LogP contribution in [0.2, 0.25) is 0 Å². The lowest BCUT2D eigenvalue weighted by Crippen LogP contribution is -2.00. The quantitative estimate of drug-likeness (QED) is 0.786. The van der Waals surface area contributed by atoms with Gasteiger partial charge in [-0.3, -0.25) is 0 Å². The van der Waals surface area contributed by atoms with Crippen molar-refractivity contribution >= 4 is 12.4 Å². The predicted octanol–water partition coefficient (Wildman–Crippen LogP) is 2.01. The van der Waals surface area contributed by atoms with Crippen LogP contribution in [0.3, 0.4) is 0 Å². The van der Waals surface area contributed by atoms with Crippen molar-refractivity contribution in [3.05, 3.63) is 29.3 Å². The summed E-state index contributed by atoms with van der Waals surface area (Å²) in [6.45, 7) is 2.64. The summed E-state index contributed by atoms with van der Waals surface area (Å²) < 4.78 is 0. The van der Waals surface area contributed by atoms with Gasteiger partial charge in [0.25, 0.3) is 0 Å². The fraction of sp³-hybridized carbons (Fsp3) is 0.400. The topological polar surface area (TPSA) is 46.2 Å². The van der Waals surface area contributed by atoms with E-state index in [1.165, 1.54) is 0 Å². The number of hydrogen-bond donors (Lipinski definition) is 2. The van der Waals surface area contributed by atoms with E-state index in [0.29, 0.717) is 12.3 Å². The standard InChI is InChI=1S/C10H15NO.ClH/c1-8-4-5-9(3-2-6-11)10(12)7-8;/h4-5,7,12H,2-3,6,11H2,1H3;1H. The van der Waals surface area contributed by atoms with Gasteiger partial charge in [0.2, 0.25) is 0 Å². The van der Waals surface area contributed by atoms with E-state index in [9.17, 15) is 5.11 Å². The summed E-state index contributed by atoms with van der Waals surface area (Å²) in [6.07, 6.45) is 1.79. The molecular formula is C10H16ClNO. The summed E-state index contributed by atoms with van der Waals surface area (Å²) >= 11 is 0. The second-order valence-electron chi connectivity index (χ2n) is 3.02. The van der Waals surface area contributed by atoms with Crippen molar-refractivity contribution in [2.45, 2.75) is 19.8 Å². The number of halogens is 1. The molecule has 1 aromatic rings. The molecule has 74 valence electrons. The second-order valence-corrected chi connectivity index (χ2v) is 3.02. The van der Waals surface area contributed by atoms with E-state index in [1.807, 2.05) is 19.1 Å². The fourth-order valence-electron chi connectivity index (χ4n) is 1.18. The third-order valence-corrected chi connectivity index (χ3v) is 1.89. The highest BCUT2D eigenvalue weighted by Gasteiger charge is 1.99. The van der Waals surface area contributed by atoms with Gasteiger partial charge in [-0.15, -0.1) is 12.4 Å². The molecule has 0 heterocycles. The minimum absolute atomic E-state index is 0. The van der Waals surface area contributed by atoms with Gasteiger partial charge in [0.15, 0.2) is 0 Å². The zero-order valence-corrected chi connectivity index (χ0v) is 8.60. The SMILES string of the molecule is Cc1ccc(CCCN)c(O)c1.Cl. The lowest BCUT2D eigenvalue weighted by molar-refractivity contribution is 0.467. The van der Waals surface area contributed by atoms with Gasteiger partial charge in [-0.2, -0.15) is 0 Å².